The van der Waals surface area contributed by atoms with E-state index < -0.39 is 40.8 Å². The molecule has 2 aromatic carbocycles. The molecule has 0 radical (unpaired) electrons. The number of anilines is 1. The van der Waals surface area contributed by atoms with Crippen LogP contribution in [0.5, 0.6) is 0 Å². The van der Waals surface area contributed by atoms with Crippen molar-refractivity contribution < 1.29 is 32.3 Å². The Kier molecular flexibility index (Phi) is 7.85. The van der Waals surface area contributed by atoms with Gasteiger partial charge in [0.15, 0.2) is 0 Å². The lowest BCUT2D eigenvalue weighted by atomic mass is 10.1. The number of ether oxygens (including phenoxy) is 1. The van der Waals surface area contributed by atoms with E-state index in [0.717, 1.165) is 12.1 Å². The summed E-state index contributed by atoms with van der Waals surface area (Å²) in [5.74, 6) is -1.37. The quantitative estimate of drug-likeness (QED) is 0.616. The molecule has 0 fully saturated rings. The van der Waals surface area contributed by atoms with Crippen molar-refractivity contribution in [2.24, 2.45) is 0 Å². The second-order valence-corrected chi connectivity index (χ2v) is 7.83. The fraction of sp³-hybridized carbons (Fsp3) is 0.318. The van der Waals surface area contributed by atoms with Crippen LogP contribution in [0.2, 0.25) is 0 Å². The largest absolute Gasteiger partial charge is 0.444 e. The molecular weight excluding hydrogens is 427 g/mol. The second kappa shape index (κ2) is 10.2. The summed E-state index contributed by atoms with van der Waals surface area (Å²) in [6.45, 7) is 4.71. The van der Waals surface area contributed by atoms with E-state index in [1.807, 2.05) is 0 Å². The molecule has 0 aliphatic carbocycles. The molecule has 2 rings (SSSR count). The Bertz CT molecular complexity index is 985. The van der Waals surface area contributed by atoms with Gasteiger partial charge in [0, 0.05) is 12.2 Å². The van der Waals surface area contributed by atoms with E-state index in [4.69, 9.17) is 4.74 Å². The van der Waals surface area contributed by atoms with E-state index in [1.165, 1.54) is 12.1 Å². The molecule has 2 aromatic rings. The Hall–Kier alpha value is -3.56. The predicted molar refractivity (Wildman–Crippen MR) is 112 cm³/mol. The second-order valence-electron chi connectivity index (χ2n) is 7.83. The average molecular weight is 451 g/mol. The molecule has 3 N–H and O–H groups in total. The first kappa shape index (κ1) is 24.7. The van der Waals surface area contributed by atoms with Gasteiger partial charge in [0.25, 0.3) is 5.91 Å². The van der Waals surface area contributed by atoms with Crippen LogP contribution in [0.15, 0.2) is 48.5 Å². The van der Waals surface area contributed by atoms with Crippen molar-refractivity contribution in [1.29, 1.82) is 0 Å². The normalized spacial score (nSPS) is 11.4. The van der Waals surface area contributed by atoms with Gasteiger partial charge < -0.3 is 20.7 Å². The third-order valence-electron chi connectivity index (χ3n) is 3.93. The molecule has 10 heteroatoms. The molecule has 0 saturated carbocycles. The molecule has 0 heterocycles. The van der Waals surface area contributed by atoms with Crippen LogP contribution in [0.4, 0.5) is 23.7 Å². The summed E-state index contributed by atoms with van der Waals surface area (Å²) in [7, 11) is 0. The highest BCUT2D eigenvalue weighted by Gasteiger charge is 2.34. The van der Waals surface area contributed by atoms with E-state index >= 15 is 0 Å². The van der Waals surface area contributed by atoms with E-state index in [1.54, 1.807) is 45.0 Å². The van der Waals surface area contributed by atoms with E-state index in [9.17, 15) is 27.6 Å². The molecule has 0 bridgehead atoms. The summed E-state index contributed by atoms with van der Waals surface area (Å²) < 4.78 is 44.3. The lowest BCUT2D eigenvalue weighted by molar-refractivity contribution is -0.138. The van der Waals surface area contributed by atoms with Crippen molar-refractivity contribution in [2.75, 3.05) is 11.9 Å². The highest BCUT2D eigenvalue weighted by molar-refractivity contribution is 5.96. The van der Waals surface area contributed by atoms with Crippen molar-refractivity contribution in [2.45, 2.75) is 39.1 Å². The fourth-order valence-electron chi connectivity index (χ4n) is 2.64. The van der Waals surface area contributed by atoms with Gasteiger partial charge in [0.1, 0.15) is 12.1 Å². The van der Waals surface area contributed by atoms with Gasteiger partial charge in [-0.1, -0.05) is 24.3 Å². The van der Waals surface area contributed by atoms with Crippen molar-refractivity contribution >= 4 is 23.6 Å². The number of halogens is 3. The SMILES string of the molecule is CC(C)(C)OC(=O)NCC(=O)Nc1cccc(CNC(=O)c2ccccc2C(F)(F)F)c1. The van der Waals surface area contributed by atoms with Crippen molar-refractivity contribution in [1.82, 2.24) is 10.6 Å². The monoisotopic (exact) mass is 451 g/mol. The molecule has 0 spiro atoms. The molecule has 3 amide bonds. The zero-order chi connectivity index (χ0) is 23.9. The Balaban J connectivity index is 1.93. The van der Waals surface area contributed by atoms with Gasteiger partial charge in [-0.2, -0.15) is 13.2 Å². The lowest BCUT2D eigenvalue weighted by Gasteiger charge is -2.19. The highest BCUT2D eigenvalue weighted by Crippen LogP contribution is 2.31. The van der Waals surface area contributed by atoms with Gasteiger partial charge in [0.05, 0.1) is 11.1 Å². The molecule has 32 heavy (non-hydrogen) atoms. The summed E-state index contributed by atoms with van der Waals surface area (Å²) in [5, 5.41) is 7.35. The molecule has 0 aromatic heterocycles. The van der Waals surface area contributed by atoms with Gasteiger partial charge >= 0.3 is 12.3 Å². The first-order valence-corrected chi connectivity index (χ1v) is 9.65. The number of carbonyl (C=O) groups is 3. The Labute approximate surface area is 183 Å². The van der Waals surface area contributed by atoms with Crippen LogP contribution in [0.25, 0.3) is 0 Å². The molecule has 0 atom stereocenters. The fourth-order valence-corrected chi connectivity index (χ4v) is 2.64. The standard InChI is InChI=1S/C22H24F3N3O4/c1-21(2,3)32-20(31)27-13-18(29)28-15-8-6-7-14(11-15)12-26-19(30)16-9-4-5-10-17(16)22(23,24)25/h4-11H,12-13H2,1-3H3,(H,26,30)(H,27,31)(H,28,29). The maximum atomic E-state index is 13.1. The summed E-state index contributed by atoms with van der Waals surface area (Å²) in [5.41, 5.74) is -1.24. The molecule has 0 unspecified atom stereocenters. The minimum absolute atomic E-state index is 0.0507. The number of nitrogens with one attached hydrogen (secondary N) is 3. The Morgan fingerprint density at radius 3 is 2.28 bits per heavy atom. The van der Waals surface area contributed by atoms with Gasteiger partial charge in [-0.3, -0.25) is 9.59 Å². The first-order chi connectivity index (χ1) is 14.8. The van der Waals surface area contributed by atoms with Gasteiger partial charge in [-0.25, -0.2) is 4.79 Å². The number of carbonyl (C=O) groups excluding carboxylic acids is 3. The van der Waals surface area contributed by atoms with Crippen LogP contribution in [0.3, 0.4) is 0 Å². The lowest BCUT2D eigenvalue weighted by Crippen LogP contribution is -2.37. The van der Waals surface area contributed by atoms with E-state index in [0.29, 0.717) is 11.3 Å². The molecule has 0 aliphatic rings. The van der Waals surface area contributed by atoms with Crippen molar-refractivity contribution in [3.63, 3.8) is 0 Å². The van der Waals surface area contributed by atoms with E-state index in [2.05, 4.69) is 16.0 Å². The predicted octanol–water partition coefficient (Wildman–Crippen LogP) is 4.10. The number of amides is 3. The summed E-state index contributed by atoms with van der Waals surface area (Å²) in [4.78, 5) is 35.9. The third-order valence-corrected chi connectivity index (χ3v) is 3.93. The number of benzene rings is 2. The topological polar surface area (TPSA) is 96.5 Å². The number of rotatable bonds is 6. The average Bonchev–Trinajstić information content (AvgIpc) is 2.69. The van der Waals surface area contributed by atoms with Crippen LogP contribution in [0.1, 0.15) is 42.3 Å². The van der Waals surface area contributed by atoms with Crippen LogP contribution >= 0.6 is 0 Å². The van der Waals surface area contributed by atoms with Crippen LogP contribution in [-0.2, 0) is 22.3 Å². The van der Waals surface area contributed by atoms with E-state index in [-0.39, 0.29) is 13.1 Å². The summed E-state index contributed by atoms with van der Waals surface area (Å²) >= 11 is 0. The number of hydrogen-bond donors (Lipinski definition) is 3. The Morgan fingerprint density at radius 2 is 1.62 bits per heavy atom. The molecular formula is C22H24F3N3O4. The Morgan fingerprint density at radius 1 is 0.938 bits per heavy atom. The van der Waals surface area contributed by atoms with Crippen molar-refractivity contribution in [3.8, 4) is 0 Å². The smallest absolute Gasteiger partial charge is 0.417 e. The zero-order valence-corrected chi connectivity index (χ0v) is 17.8. The number of alkyl halides is 3. The number of hydrogen-bond acceptors (Lipinski definition) is 4. The highest BCUT2D eigenvalue weighted by atomic mass is 19.4. The van der Waals surface area contributed by atoms with Gasteiger partial charge in [-0.05, 0) is 50.6 Å². The molecule has 0 aliphatic heterocycles. The minimum Gasteiger partial charge on any atom is -0.444 e. The third kappa shape index (κ3) is 7.93. The van der Waals surface area contributed by atoms with Gasteiger partial charge in [0.2, 0.25) is 5.91 Å². The van der Waals surface area contributed by atoms with Gasteiger partial charge in [-0.15, -0.1) is 0 Å². The molecule has 7 nitrogen and oxygen atoms in total. The van der Waals surface area contributed by atoms with Crippen molar-refractivity contribution in [3.05, 3.63) is 65.2 Å². The first-order valence-electron chi connectivity index (χ1n) is 9.65. The van der Waals surface area contributed by atoms with Crippen LogP contribution < -0.4 is 16.0 Å². The maximum absolute atomic E-state index is 13.1. The van der Waals surface area contributed by atoms with Crippen LogP contribution in [-0.4, -0.2) is 30.1 Å². The summed E-state index contributed by atoms with van der Waals surface area (Å²) in [6.07, 6.45) is -5.38. The zero-order valence-electron chi connectivity index (χ0n) is 17.8. The summed E-state index contributed by atoms with van der Waals surface area (Å²) in [6, 6.07) is 10.9. The maximum Gasteiger partial charge on any atom is 0.417 e. The molecule has 0 saturated heterocycles. The number of alkyl carbamates (subject to hydrolysis) is 1. The van der Waals surface area contributed by atoms with Crippen LogP contribution in [0, 0.1) is 0 Å². The minimum atomic E-state index is -4.65. The molecule has 172 valence electrons.